The molecule has 1 saturated carbocycles. The second-order valence-electron chi connectivity index (χ2n) is 5.50. The first kappa shape index (κ1) is 12.3. The van der Waals surface area contributed by atoms with E-state index in [1.807, 2.05) is 23.1 Å². The third-order valence-corrected chi connectivity index (χ3v) is 4.09. The molecule has 2 aliphatic rings. The maximum Gasteiger partial charge on any atom is 0.261 e. The molecule has 0 unspecified atom stereocenters. The highest BCUT2D eigenvalue weighted by Crippen LogP contribution is 2.40. The van der Waals surface area contributed by atoms with E-state index < -0.39 is 0 Å². The maximum atomic E-state index is 12.7. The second-order valence-corrected chi connectivity index (χ2v) is 5.50. The SMILES string of the molecule is O=C(c1cncnc1)N1CCN(C2CC2)c2ccccc21. The molecule has 0 radical (unpaired) electrons. The van der Waals surface area contributed by atoms with Gasteiger partial charge in [-0.25, -0.2) is 9.97 Å². The van der Waals surface area contributed by atoms with Crippen molar-refractivity contribution in [3.05, 3.63) is 48.5 Å². The summed E-state index contributed by atoms with van der Waals surface area (Å²) in [7, 11) is 0. The van der Waals surface area contributed by atoms with Crippen LogP contribution in [0.2, 0.25) is 0 Å². The maximum absolute atomic E-state index is 12.7. The van der Waals surface area contributed by atoms with Gasteiger partial charge in [0, 0.05) is 31.5 Å². The molecule has 5 heteroatoms. The molecule has 0 spiro atoms. The van der Waals surface area contributed by atoms with Crippen LogP contribution in [0.1, 0.15) is 23.2 Å². The van der Waals surface area contributed by atoms with Crippen LogP contribution in [0.25, 0.3) is 0 Å². The first-order chi connectivity index (χ1) is 10.3. The average molecular weight is 280 g/mol. The molecule has 1 fully saturated rings. The number of anilines is 2. The molecule has 2 heterocycles. The number of carbonyl (C=O) groups is 1. The largest absolute Gasteiger partial charge is 0.365 e. The van der Waals surface area contributed by atoms with Crippen molar-refractivity contribution >= 4 is 17.3 Å². The lowest BCUT2D eigenvalue weighted by Gasteiger charge is -2.38. The Hall–Kier alpha value is -2.43. The van der Waals surface area contributed by atoms with Crippen LogP contribution in [0, 0.1) is 0 Å². The van der Waals surface area contributed by atoms with Crippen LogP contribution in [0.3, 0.4) is 0 Å². The number of aromatic nitrogens is 2. The van der Waals surface area contributed by atoms with E-state index in [4.69, 9.17) is 0 Å². The molecule has 106 valence electrons. The third-order valence-electron chi connectivity index (χ3n) is 4.09. The zero-order valence-corrected chi connectivity index (χ0v) is 11.6. The molecule has 0 saturated heterocycles. The molecule has 5 nitrogen and oxygen atoms in total. The van der Waals surface area contributed by atoms with Crippen LogP contribution >= 0.6 is 0 Å². The van der Waals surface area contributed by atoms with E-state index in [1.165, 1.54) is 19.2 Å². The molecular weight excluding hydrogens is 264 g/mol. The monoisotopic (exact) mass is 280 g/mol. The summed E-state index contributed by atoms with van der Waals surface area (Å²) in [6, 6.07) is 8.80. The van der Waals surface area contributed by atoms with Gasteiger partial charge in [-0.1, -0.05) is 12.1 Å². The van der Waals surface area contributed by atoms with Crippen molar-refractivity contribution in [3.8, 4) is 0 Å². The molecular formula is C16H16N4O. The number of carbonyl (C=O) groups excluding carboxylic acids is 1. The van der Waals surface area contributed by atoms with Crippen molar-refractivity contribution in [2.75, 3.05) is 22.9 Å². The van der Waals surface area contributed by atoms with Crippen molar-refractivity contribution in [2.45, 2.75) is 18.9 Å². The molecule has 21 heavy (non-hydrogen) atoms. The molecule has 0 atom stereocenters. The van der Waals surface area contributed by atoms with E-state index in [0.29, 0.717) is 18.2 Å². The van der Waals surface area contributed by atoms with Crippen LogP contribution in [0.4, 0.5) is 11.4 Å². The Morgan fingerprint density at radius 1 is 1.05 bits per heavy atom. The average Bonchev–Trinajstić information content (AvgIpc) is 3.39. The topological polar surface area (TPSA) is 49.3 Å². The van der Waals surface area contributed by atoms with Crippen molar-refractivity contribution in [1.29, 1.82) is 0 Å². The third kappa shape index (κ3) is 2.14. The second kappa shape index (κ2) is 4.84. The molecule has 2 aromatic rings. The summed E-state index contributed by atoms with van der Waals surface area (Å²) < 4.78 is 0. The fraction of sp³-hybridized carbons (Fsp3) is 0.312. The predicted octanol–water partition coefficient (Wildman–Crippen LogP) is 2.11. The van der Waals surface area contributed by atoms with Gasteiger partial charge in [-0.05, 0) is 25.0 Å². The van der Waals surface area contributed by atoms with Crippen LogP contribution in [0.5, 0.6) is 0 Å². The summed E-state index contributed by atoms with van der Waals surface area (Å²) in [5.41, 5.74) is 2.69. The first-order valence-corrected chi connectivity index (χ1v) is 7.27. The van der Waals surface area contributed by atoms with Crippen molar-refractivity contribution in [2.24, 2.45) is 0 Å². The lowest BCUT2D eigenvalue weighted by Crippen LogP contribution is -2.45. The first-order valence-electron chi connectivity index (χ1n) is 7.27. The van der Waals surface area contributed by atoms with E-state index in [0.717, 1.165) is 17.9 Å². The normalized spacial score (nSPS) is 17.5. The number of hydrogen-bond donors (Lipinski definition) is 0. The minimum Gasteiger partial charge on any atom is -0.365 e. The zero-order chi connectivity index (χ0) is 14.2. The summed E-state index contributed by atoms with van der Waals surface area (Å²) in [6.45, 7) is 1.60. The van der Waals surface area contributed by atoms with Crippen LogP contribution in [-0.4, -0.2) is 35.0 Å². The summed E-state index contributed by atoms with van der Waals surface area (Å²) in [5, 5.41) is 0. The van der Waals surface area contributed by atoms with Gasteiger partial charge in [0.2, 0.25) is 0 Å². The Labute approximate surface area is 123 Å². The van der Waals surface area contributed by atoms with Gasteiger partial charge >= 0.3 is 0 Å². The van der Waals surface area contributed by atoms with Crippen LogP contribution in [-0.2, 0) is 0 Å². The standard InChI is InChI=1S/C16H16N4O/c21-16(12-9-17-11-18-10-12)20-8-7-19(13-5-6-13)14-3-1-2-4-15(14)20/h1-4,9-11,13H,5-8H2. The quantitative estimate of drug-likeness (QED) is 0.845. The predicted molar refractivity (Wildman–Crippen MR) is 80.5 cm³/mol. The Morgan fingerprint density at radius 2 is 1.76 bits per heavy atom. The highest BCUT2D eigenvalue weighted by atomic mass is 16.2. The fourth-order valence-electron chi connectivity index (χ4n) is 2.93. The van der Waals surface area contributed by atoms with E-state index in [-0.39, 0.29) is 5.91 Å². The molecule has 0 bridgehead atoms. The number of nitrogens with zero attached hydrogens (tertiary/aromatic N) is 4. The summed E-state index contributed by atoms with van der Waals surface area (Å²) in [6.07, 6.45) is 7.11. The van der Waals surface area contributed by atoms with Gasteiger partial charge in [-0.15, -0.1) is 0 Å². The smallest absolute Gasteiger partial charge is 0.261 e. The number of benzene rings is 1. The number of fused-ring (bicyclic) bond motifs is 1. The molecule has 1 aliphatic carbocycles. The fourth-order valence-corrected chi connectivity index (χ4v) is 2.93. The highest BCUT2D eigenvalue weighted by Gasteiger charge is 2.35. The van der Waals surface area contributed by atoms with Crippen molar-refractivity contribution < 1.29 is 4.79 Å². The minimum atomic E-state index is -0.0292. The van der Waals surface area contributed by atoms with Gasteiger partial charge in [-0.3, -0.25) is 4.79 Å². The lowest BCUT2D eigenvalue weighted by atomic mass is 10.1. The number of para-hydroxylation sites is 2. The Balaban J connectivity index is 1.71. The molecule has 4 rings (SSSR count). The number of hydrogen-bond acceptors (Lipinski definition) is 4. The molecule has 0 N–H and O–H groups in total. The number of amides is 1. The molecule has 1 amide bonds. The molecule has 1 aromatic heterocycles. The van der Waals surface area contributed by atoms with Gasteiger partial charge in [0.05, 0.1) is 16.9 Å². The number of rotatable bonds is 2. The van der Waals surface area contributed by atoms with Gasteiger partial charge in [0.1, 0.15) is 6.33 Å². The van der Waals surface area contributed by atoms with Gasteiger partial charge in [0.15, 0.2) is 0 Å². The summed E-state index contributed by atoms with van der Waals surface area (Å²) in [5.74, 6) is -0.0292. The molecule has 1 aromatic carbocycles. The van der Waals surface area contributed by atoms with Gasteiger partial charge < -0.3 is 9.80 Å². The lowest BCUT2D eigenvalue weighted by molar-refractivity contribution is 0.0986. The Bertz CT molecular complexity index is 669. The van der Waals surface area contributed by atoms with Crippen molar-refractivity contribution in [1.82, 2.24) is 9.97 Å². The summed E-state index contributed by atoms with van der Waals surface area (Å²) in [4.78, 5) is 24.8. The van der Waals surface area contributed by atoms with E-state index in [2.05, 4.69) is 20.9 Å². The van der Waals surface area contributed by atoms with Gasteiger partial charge in [-0.2, -0.15) is 0 Å². The molecule has 1 aliphatic heterocycles. The van der Waals surface area contributed by atoms with E-state index in [9.17, 15) is 4.79 Å². The van der Waals surface area contributed by atoms with Crippen LogP contribution < -0.4 is 9.80 Å². The van der Waals surface area contributed by atoms with Gasteiger partial charge in [0.25, 0.3) is 5.91 Å². The zero-order valence-electron chi connectivity index (χ0n) is 11.6. The minimum absolute atomic E-state index is 0.0292. The van der Waals surface area contributed by atoms with E-state index in [1.54, 1.807) is 12.4 Å². The highest BCUT2D eigenvalue weighted by molar-refractivity contribution is 6.08. The Kier molecular flexibility index (Phi) is 2.84. The van der Waals surface area contributed by atoms with E-state index >= 15 is 0 Å². The van der Waals surface area contributed by atoms with Crippen molar-refractivity contribution in [3.63, 3.8) is 0 Å². The summed E-state index contributed by atoms with van der Waals surface area (Å²) >= 11 is 0. The Morgan fingerprint density at radius 3 is 2.48 bits per heavy atom. The van der Waals surface area contributed by atoms with Crippen LogP contribution in [0.15, 0.2) is 43.0 Å².